The molecule has 43 heavy (non-hydrogen) atoms. The Labute approximate surface area is 239 Å². The quantitative estimate of drug-likeness (QED) is 0.296. The highest BCUT2D eigenvalue weighted by molar-refractivity contribution is 6.31. The molecule has 0 aromatic heterocycles. The van der Waals surface area contributed by atoms with Gasteiger partial charge in [0, 0.05) is 23.1 Å². The number of hydrogen-bond acceptors (Lipinski definition) is 4. The first-order valence-electron chi connectivity index (χ1n) is 11.9. The van der Waals surface area contributed by atoms with Crippen molar-refractivity contribution in [1.29, 1.82) is 0 Å². The minimum atomic E-state index is -5.38. The average molecular weight is 644 g/mol. The molecule has 17 heteroatoms. The van der Waals surface area contributed by atoms with Crippen molar-refractivity contribution in [3.63, 3.8) is 0 Å². The predicted octanol–water partition coefficient (Wildman–Crippen LogP) is 6.64. The normalized spacial score (nSPS) is 17.4. The van der Waals surface area contributed by atoms with Gasteiger partial charge in [-0.2, -0.15) is 39.5 Å². The number of halogens is 11. The number of carbonyl (C=O) groups is 2. The molecule has 230 valence electrons. The highest BCUT2D eigenvalue weighted by Gasteiger charge is 2.63. The molecular weight excluding hydrogens is 628 g/mol. The first-order chi connectivity index (χ1) is 19.8. The SMILES string of the molecule is O=C(CNC(=O)c1ccc(C2=NOC(c3cc(Cl)c(F)c(C(F)(F)F)c3)(C(F)(F)F)C2)c2ccccc12)NCC(F)(F)F. The van der Waals surface area contributed by atoms with Gasteiger partial charge in [0.25, 0.3) is 11.5 Å². The van der Waals surface area contributed by atoms with Crippen molar-refractivity contribution in [2.24, 2.45) is 5.16 Å². The number of nitrogens with one attached hydrogen (secondary N) is 2. The molecule has 1 atom stereocenters. The number of alkyl halides is 9. The van der Waals surface area contributed by atoms with E-state index >= 15 is 0 Å². The lowest BCUT2D eigenvalue weighted by Crippen LogP contribution is -2.43. The molecule has 1 aliphatic rings. The van der Waals surface area contributed by atoms with Gasteiger partial charge in [-0.3, -0.25) is 9.59 Å². The summed E-state index contributed by atoms with van der Waals surface area (Å²) in [5.74, 6) is -4.01. The smallest absolute Gasteiger partial charge is 0.374 e. The first kappa shape index (κ1) is 31.8. The summed E-state index contributed by atoms with van der Waals surface area (Å²) in [6.45, 7) is -2.44. The highest BCUT2D eigenvalue weighted by atomic mass is 35.5. The Morgan fingerprint density at radius 2 is 1.58 bits per heavy atom. The van der Waals surface area contributed by atoms with Crippen LogP contribution in [-0.2, 0) is 21.4 Å². The number of rotatable bonds is 6. The van der Waals surface area contributed by atoms with Crippen molar-refractivity contribution in [2.75, 3.05) is 13.1 Å². The van der Waals surface area contributed by atoms with Gasteiger partial charge in [0.05, 0.1) is 22.8 Å². The molecule has 3 aromatic carbocycles. The van der Waals surface area contributed by atoms with E-state index in [1.54, 1.807) is 5.32 Å². The second-order valence-corrected chi connectivity index (χ2v) is 9.64. The van der Waals surface area contributed by atoms with Crippen molar-refractivity contribution < 1.29 is 58.3 Å². The van der Waals surface area contributed by atoms with Crippen molar-refractivity contribution in [1.82, 2.24) is 10.6 Å². The highest BCUT2D eigenvalue weighted by Crippen LogP contribution is 2.51. The van der Waals surface area contributed by atoms with Gasteiger partial charge >= 0.3 is 18.5 Å². The van der Waals surface area contributed by atoms with Crippen LogP contribution in [0.25, 0.3) is 10.8 Å². The molecule has 1 heterocycles. The maximum Gasteiger partial charge on any atom is 0.435 e. The van der Waals surface area contributed by atoms with Gasteiger partial charge in [0.15, 0.2) is 5.82 Å². The van der Waals surface area contributed by atoms with E-state index in [9.17, 15) is 53.5 Å². The van der Waals surface area contributed by atoms with Gasteiger partial charge in [0.1, 0.15) is 6.54 Å². The zero-order valence-electron chi connectivity index (χ0n) is 21.1. The van der Waals surface area contributed by atoms with Crippen LogP contribution in [0.2, 0.25) is 5.02 Å². The summed E-state index contributed by atoms with van der Waals surface area (Å²) < 4.78 is 134. The number of nitrogens with zero attached hydrogens (tertiary/aromatic N) is 1. The van der Waals surface area contributed by atoms with Crippen molar-refractivity contribution >= 4 is 39.9 Å². The summed E-state index contributed by atoms with van der Waals surface area (Å²) in [4.78, 5) is 29.2. The second kappa shape index (κ2) is 11.2. The third-order valence-electron chi connectivity index (χ3n) is 6.36. The van der Waals surface area contributed by atoms with Crippen molar-refractivity contribution in [2.45, 2.75) is 30.6 Å². The fourth-order valence-corrected chi connectivity index (χ4v) is 4.56. The summed E-state index contributed by atoms with van der Waals surface area (Å²) in [5, 5.41) is 6.27. The molecule has 3 aromatic rings. The van der Waals surface area contributed by atoms with E-state index in [0.29, 0.717) is 6.07 Å². The fraction of sp³-hybridized carbons (Fsp3) is 0.269. The lowest BCUT2D eigenvalue weighted by Gasteiger charge is -2.30. The minimum absolute atomic E-state index is 0.00884. The second-order valence-electron chi connectivity index (χ2n) is 9.23. The van der Waals surface area contributed by atoms with E-state index < -0.39 is 77.4 Å². The number of fused-ring (bicyclic) bond motifs is 1. The Kier molecular flexibility index (Phi) is 8.30. The lowest BCUT2D eigenvalue weighted by atomic mass is 9.84. The summed E-state index contributed by atoms with van der Waals surface area (Å²) in [6, 6.07) is 8.34. The van der Waals surface area contributed by atoms with Crippen LogP contribution in [0.1, 0.15) is 33.5 Å². The monoisotopic (exact) mass is 643 g/mol. The molecule has 0 radical (unpaired) electrons. The number of hydrogen-bond donors (Lipinski definition) is 2. The molecule has 0 saturated carbocycles. The van der Waals surface area contributed by atoms with Crippen LogP contribution in [0.4, 0.5) is 43.9 Å². The molecule has 0 bridgehead atoms. The van der Waals surface area contributed by atoms with Gasteiger partial charge < -0.3 is 15.5 Å². The van der Waals surface area contributed by atoms with E-state index in [-0.39, 0.29) is 33.7 Å². The lowest BCUT2D eigenvalue weighted by molar-refractivity contribution is -0.276. The third-order valence-corrected chi connectivity index (χ3v) is 6.64. The molecule has 6 nitrogen and oxygen atoms in total. The molecule has 0 fully saturated rings. The largest absolute Gasteiger partial charge is 0.435 e. The Bertz CT molecular complexity index is 1620. The number of benzene rings is 3. The van der Waals surface area contributed by atoms with Crippen molar-refractivity contribution in [3.8, 4) is 0 Å². The number of amides is 2. The van der Waals surface area contributed by atoms with E-state index in [0.717, 1.165) is 6.07 Å². The molecule has 1 aliphatic heterocycles. The maximum atomic E-state index is 14.4. The van der Waals surface area contributed by atoms with Crippen LogP contribution >= 0.6 is 11.6 Å². The van der Waals surface area contributed by atoms with Gasteiger partial charge in [-0.15, -0.1) is 0 Å². The molecule has 4 rings (SSSR count). The summed E-state index contributed by atoms with van der Waals surface area (Å²) in [7, 11) is 0. The molecule has 2 N–H and O–H groups in total. The topological polar surface area (TPSA) is 79.8 Å². The zero-order chi connectivity index (χ0) is 32.0. The number of oxime groups is 1. The predicted molar refractivity (Wildman–Crippen MR) is 132 cm³/mol. The Morgan fingerprint density at radius 3 is 2.19 bits per heavy atom. The number of carbonyl (C=O) groups excluding carboxylic acids is 2. The van der Waals surface area contributed by atoms with Gasteiger partial charge in [0.2, 0.25) is 5.91 Å². The van der Waals surface area contributed by atoms with Crippen LogP contribution in [-0.4, -0.2) is 43.0 Å². The van der Waals surface area contributed by atoms with Crippen molar-refractivity contribution in [3.05, 3.63) is 81.6 Å². The molecule has 0 aliphatic carbocycles. The third kappa shape index (κ3) is 6.48. The average Bonchev–Trinajstić information content (AvgIpc) is 3.37. The Morgan fingerprint density at radius 1 is 0.930 bits per heavy atom. The zero-order valence-corrected chi connectivity index (χ0v) is 21.8. The summed E-state index contributed by atoms with van der Waals surface area (Å²) in [5.41, 5.74) is -7.18. The van der Waals surface area contributed by atoms with E-state index in [1.165, 1.54) is 30.3 Å². The minimum Gasteiger partial charge on any atom is -0.374 e. The standard InChI is InChI=1S/C26H16ClF10N3O3/c27-18-8-12(7-17(21(18)28)25(32,33)34)23(26(35,36)37)9-19(40-43-23)15-5-6-16(14-4-2-1-3-13(14)15)22(42)38-10-20(41)39-11-24(29,30)31/h1-8H,9-11H2,(H,38,42)(H,39,41). The van der Waals surface area contributed by atoms with Gasteiger partial charge in [-0.05, 0) is 29.0 Å². The maximum absolute atomic E-state index is 14.4. The molecule has 2 amide bonds. The van der Waals surface area contributed by atoms with Crippen LogP contribution < -0.4 is 10.6 Å². The fourth-order valence-electron chi connectivity index (χ4n) is 4.34. The molecule has 0 saturated heterocycles. The van der Waals surface area contributed by atoms with E-state index in [4.69, 9.17) is 16.4 Å². The van der Waals surface area contributed by atoms with Gasteiger partial charge in [-0.1, -0.05) is 47.1 Å². The summed E-state index contributed by atoms with van der Waals surface area (Å²) >= 11 is 5.53. The molecule has 0 spiro atoms. The van der Waals surface area contributed by atoms with E-state index in [1.807, 2.05) is 0 Å². The van der Waals surface area contributed by atoms with Crippen LogP contribution in [0.5, 0.6) is 0 Å². The van der Waals surface area contributed by atoms with E-state index in [2.05, 4.69) is 10.5 Å². The van der Waals surface area contributed by atoms with Crippen LogP contribution in [0, 0.1) is 5.82 Å². The summed E-state index contributed by atoms with van der Waals surface area (Å²) in [6.07, 6.45) is -16.6. The molecule has 1 unspecified atom stereocenters. The Hall–Kier alpha value is -4.08. The van der Waals surface area contributed by atoms with Crippen LogP contribution in [0.3, 0.4) is 0 Å². The molecular formula is C26H16ClF10N3O3. The van der Waals surface area contributed by atoms with Crippen LogP contribution in [0.15, 0.2) is 53.7 Å². The first-order valence-corrected chi connectivity index (χ1v) is 12.2. The Balaban J connectivity index is 1.67. The van der Waals surface area contributed by atoms with Gasteiger partial charge in [-0.25, -0.2) is 4.39 Å².